The van der Waals surface area contributed by atoms with Gasteiger partial charge in [-0.2, -0.15) is 5.10 Å². The highest BCUT2D eigenvalue weighted by Crippen LogP contribution is 2.66. The Hall–Kier alpha value is -2.89. The maximum Gasteiger partial charge on any atom is 0.337 e. The van der Waals surface area contributed by atoms with Crippen molar-refractivity contribution < 1.29 is 18.7 Å². The van der Waals surface area contributed by atoms with Gasteiger partial charge in [0.05, 0.1) is 18.9 Å². The molecule has 1 amide bonds. The van der Waals surface area contributed by atoms with E-state index >= 15 is 0 Å². The van der Waals surface area contributed by atoms with E-state index in [1.807, 2.05) is 6.07 Å². The Bertz CT molecular complexity index is 915. The Balaban J connectivity index is 1.36. The third-order valence-electron chi connectivity index (χ3n) is 6.20. The van der Waals surface area contributed by atoms with E-state index in [1.165, 1.54) is 26.2 Å². The number of carbonyl (C=O) groups is 2. The highest BCUT2D eigenvalue weighted by Gasteiger charge is 2.64. The molecule has 2 aromatic rings. The van der Waals surface area contributed by atoms with Gasteiger partial charge in [0.25, 0.3) is 0 Å². The van der Waals surface area contributed by atoms with Crippen LogP contribution in [0.15, 0.2) is 45.9 Å². The molecule has 2 aliphatic carbocycles. The lowest BCUT2D eigenvalue weighted by Gasteiger charge is -2.15. The summed E-state index contributed by atoms with van der Waals surface area (Å²) in [5, 5.41) is 4.07. The topological polar surface area (TPSA) is 80.9 Å². The number of fused-ring (bicyclic) bond motifs is 1. The highest BCUT2D eigenvalue weighted by molar-refractivity contribution is 5.90. The SMILES string of the molecule is COC(=O)c1ccc(-c2ccc(/C=N/NC(=O)[C@@H]3[C@H]4CCCC[C@@]43C)o2)cc1. The Labute approximate surface area is 164 Å². The first kappa shape index (κ1) is 18.5. The monoisotopic (exact) mass is 380 g/mol. The van der Waals surface area contributed by atoms with E-state index in [1.54, 1.807) is 30.3 Å². The average Bonchev–Trinajstić information content (AvgIpc) is 3.08. The molecule has 2 fully saturated rings. The summed E-state index contributed by atoms with van der Waals surface area (Å²) < 4.78 is 10.4. The van der Waals surface area contributed by atoms with Crippen molar-refractivity contribution in [1.29, 1.82) is 0 Å². The first-order valence-electron chi connectivity index (χ1n) is 9.64. The standard InChI is InChI=1S/C22H24N2O4/c1-22-12-4-3-5-17(22)19(22)20(25)24-23-13-16-10-11-18(28-16)14-6-8-15(9-7-14)21(26)27-2/h6-11,13,17,19H,3-5,12H2,1-2H3,(H,24,25)/b23-13+/t17-,19+,22+/m1/s1. The smallest absolute Gasteiger partial charge is 0.337 e. The molecule has 3 atom stereocenters. The maximum atomic E-state index is 12.4. The molecule has 2 aliphatic rings. The molecule has 28 heavy (non-hydrogen) atoms. The first-order chi connectivity index (χ1) is 13.5. The minimum Gasteiger partial charge on any atom is -0.465 e. The van der Waals surface area contributed by atoms with E-state index in [-0.39, 0.29) is 23.2 Å². The minimum atomic E-state index is -0.376. The van der Waals surface area contributed by atoms with Crippen molar-refractivity contribution in [3.8, 4) is 11.3 Å². The van der Waals surface area contributed by atoms with Gasteiger partial charge in [-0.15, -0.1) is 0 Å². The maximum absolute atomic E-state index is 12.4. The van der Waals surface area contributed by atoms with Gasteiger partial charge in [-0.1, -0.05) is 31.9 Å². The van der Waals surface area contributed by atoms with Gasteiger partial charge < -0.3 is 9.15 Å². The van der Waals surface area contributed by atoms with Crippen LogP contribution in [-0.2, 0) is 9.53 Å². The largest absolute Gasteiger partial charge is 0.465 e. The second-order valence-corrected chi connectivity index (χ2v) is 7.84. The van der Waals surface area contributed by atoms with Crippen LogP contribution in [0.25, 0.3) is 11.3 Å². The summed E-state index contributed by atoms with van der Waals surface area (Å²) in [5.74, 6) is 1.44. The second-order valence-electron chi connectivity index (χ2n) is 7.84. The summed E-state index contributed by atoms with van der Waals surface area (Å²) in [5.41, 5.74) is 4.16. The molecule has 2 saturated carbocycles. The number of hydrogen-bond acceptors (Lipinski definition) is 5. The van der Waals surface area contributed by atoms with E-state index in [0.717, 1.165) is 18.4 Å². The van der Waals surface area contributed by atoms with Crippen molar-refractivity contribution >= 4 is 18.1 Å². The summed E-state index contributed by atoms with van der Waals surface area (Å²) >= 11 is 0. The van der Waals surface area contributed by atoms with Crippen molar-refractivity contribution in [2.75, 3.05) is 7.11 Å². The molecule has 4 rings (SSSR count). The summed E-state index contributed by atoms with van der Waals surface area (Å²) in [6.45, 7) is 2.22. The predicted molar refractivity (Wildman–Crippen MR) is 105 cm³/mol. The normalized spacial score (nSPS) is 25.9. The lowest BCUT2D eigenvalue weighted by Crippen LogP contribution is -2.22. The zero-order valence-electron chi connectivity index (χ0n) is 16.1. The number of benzene rings is 1. The van der Waals surface area contributed by atoms with Crippen LogP contribution in [0.1, 0.15) is 48.7 Å². The molecular formula is C22H24N2O4. The van der Waals surface area contributed by atoms with Crippen molar-refractivity contribution in [3.63, 3.8) is 0 Å². The molecule has 6 heteroatoms. The van der Waals surface area contributed by atoms with Crippen LogP contribution in [0, 0.1) is 17.3 Å². The molecule has 0 unspecified atom stereocenters. The van der Waals surface area contributed by atoms with Gasteiger partial charge in [0, 0.05) is 11.5 Å². The Morgan fingerprint density at radius 2 is 2.00 bits per heavy atom. The van der Waals surface area contributed by atoms with Gasteiger partial charge in [-0.25, -0.2) is 10.2 Å². The number of nitrogens with one attached hydrogen (secondary N) is 1. The Kier molecular flexibility index (Phi) is 4.79. The molecule has 1 N–H and O–H groups in total. The Morgan fingerprint density at radius 1 is 1.21 bits per heavy atom. The second kappa shape index (κ2) is 7.26. The molecule has 6 nitrogen and oxygen atoms in total. The van der Waals surface area contributed by atoms with Crippen LogP contribution in [0.4, 0.5) is 0 Å². The van der Waals surface area contributed by atoms with Crippen LogP contribution in [-0.4, -0.2) is 25.2 Å². The molecule has 0 bridgehead atoms. The number of carbonyl (C=O) groups excluding carboxylic acids is 2. The van der Waals surface area contributed by atoms with Gasteiger partial charge in [0.1, 0.15) is 11.5 Å². The van der Waals surface area contributed by atoms with Crippen LogP contribution in [0.3, 0.4) is 0 Å². The van der Waals surface area contributed by atoms with Crippen LogP contribution in [0.5, 0.6) is 0 Å². The van der Waals surface area contributed by atoms with Gasteiger partial charge in [0.15, 0.2) is 0 Å². The highest BCUT2D eigenvalue weighted by atomic mass is 16.5. The van der Waals surface area contributed by atoms with Gasteiger partial charge in [0.2, 0.25) is 5.91 Å². The summed E-state index contributed by atoms with van der Waals surface area (Å²) in [6.07, 6.45) is 6.24. The Morgan fingerprint density at radius 3 is 2.68 bits per heavy atom. The number of esters is 1. The van der Waals surface area contributed by atoms with Crippen LogP contribution < -0.4 is 5.43 Å². The molecule has 1 aromatic heterocycles. The zero-order chi connectivity index (χ0) is 19.7. The number of methoxy groups -OCH3 is 1. The number of ether oxygens (including phenoxy) is 1. The molecule has 1 heterocycles. The van der Waals surface area contributed by atoms with E-state index in [0.29, 0.717) is 23.0 Å². The molecular weight excluding hydrogens is 356 g/mol. The average molecular weight is 380 g/mol. The fourth-order valence-electron chi connectivity index (χ4n) is 4.55. The lowest BCUT2D eigenvalue weighted by atomic mass is 9.90. The molecule has 1 aromatic carbocycles. The molecule has 0 spiro atoms. The molecule has 0 saturated heterocycles. The van der Waals surface area contributed by atoms with Gasteiger partial charge in [-0.05, 0) is 48.4 Å². The predicted octanol–water partition coefficient (Wildman–Crippen LogP) is 4.01. The van der Waals surface area contributed by atoms with Crippen LogP contribution in [0.2, 0.25) is 0 Å². The fourth-order valence-corrected chi connectivity index (χ4v) is 4.55. The molecule has 146 valence electrons. The van der Waals surface area contributed by atoms with Crippen molar-refractivity contribution in [2.45, 2.75) is 32.6 Å². The van der Waals surface area contributed by atoms with Crippen molar-refractivity contribution in [2.24, 2.45) is 22.4 Å². The third kappa shape index (κ3) is 3.35. The third-order valence-corrected chi connectivity index (χ3v) is 6.20. The van der Waals surface area contributed by atoms with Gasteiger partial charge >= 0.3 is 5.97 Å². The van der Waals surface area contributed by atoms with E-state index < -0.39 is 0 Å². The summed E-state index contributed by atoms with van der Waals surface area (Å²) in [4.78, 5) is 23.9. The molecule has 0 aliphatic heterocycles. The molecule has 0 radical (unpaired) electrons. The number of hydrogen-bond donors (Lipinski definition) is 1. The number of nitrogens with zero attached hydrogens (tertiary/aromatic N) is 1. The summed E-state index contributed by atoms with van der Waals surface area (Å²) in [7, 11) is 1.35. The summed E-state index contributed by atoms with van der Waals surface area (Å²) in [6, 6.07) is 10.6. The van der Waals surface area contributed by atoms with Crippen molar-refractivity contribution in [3.05, 3.63) is 47.7 Å². The van der Waals surface area contributed by atoms with E-state index in [4.69, 9.17) is 9.15 Å². The zero-order valence-corrected chi connectivity index (χ0v) is 16.1. The van der Waals surface area contributed by atoms with E-state index in [2.05, 4.69) is 17.5 Å². The number of hydrazone groups is 1. The minimum absolute atomic E-state index is 0.0100. The number of furan rings is 1. The van der Waals surface area contributed by atoms with E-state index in [9.17, 15) is 9.59 Å². The number of rotatable bonds is 5. The fraction of sp³-hybridized carbons (Fsp3) is 0.409. The van der Waals surface area contributed by atoms with Crippen molar-refractivity contribution in [1.82, 2.24) is 5.43 Å². The van der Waals surface area contributed by atoms with Crippen LogP contribution >= 0.6 is 0 Å². The number of amides is 1. The quantitative estimate of drug-likeness (QED) is 0.483. The van der Waals surface area contributed by atoms with Gasteiger partial charge in [-0.3, -0.25) is 4.79 Å². The first-order valence-corrected chi connectivity index (χ1v) is 9.64. The lowest BCUT2D eigenvalue weighted by molar-refractivity contribution is -0.123.